The molecular weight excluding hydrogens is 284 g/mol. The van der Waals surface area contributed by atoms with Crippen molar-refractivity contribution >= 4 is 0 Å². The number of aromatic nitrogens is 2. The standard InChI is InChI=1S/C19H37N4/c1-4-6-11-20-12-16-21(3)13-9-8-10-15-23-18-17-22(19-23)14-7-5-2/h12,16-20H,4-11,13-15H2,1-3H3/q+1/p+1/b16-12-. The highest BCUT2D eigenvalue weighted by Crippen LogP contribution is 1.99. The van der Waals surface area contributed by atoms with E-state index >= 15 is 0 Å². The summed E-state index contributed by atoms with van der Waals surface area (Å²) in [6.45, 7) is 9.13. The fraction of sp³-hybridized carbons (Fsp3) is 0.737. The van der Waals surface area contributed by atoms with Crippen LogP contribution in [0.25, 0.3) is 0 Å². The van der Waals surface area contributed by atoms with Gasteiger partial charge in [0.1, 0.15) is 18.6 Å². The van der Waals surface area contributed by atoms with E-state index in [-0.39, 0.29) is 0 Å². The molecule has 0 saturated carbocycles. The van der Waals surface area contributed by atoms with Crippen molar-refractivity contribution in [1.29, 1.82) is 0 Å². The molecule has 23 heavy (non-hydrogen) atoms. The van der Waals surface area contributed by atoms with Gasteiger partial charge in [-0.3, -0.25) is 0 Å². The molecule has 2 N–H and O–H groups in total. The number of hydrogen-bond acceptors (Lipinski definition) is 1. The SMILES string of the molecule is CCCC[NH2+]/C=C\N(C)CCCCC[n+]1ccn(CCCC)c1. The van der Waals surface area contributed by atoms with Crippen LogP contribution in [0.15, 0.2) is 31.1 Å². The zero-order chi connectivity index (χ0) is 16.8. The third-order valence-corrected chi connectivity index (χ3v) is 4.14. The van der Waals surface area contributed by atoms with E-state index in [0.717, 1.165) is 19.6 Å². The van der Waals surface area contributed by atoms with Crippen molar-refractivity contribution in [2.75, 3.05) is 20.1 Å². The van der Waals surface area contributed by atoms with E-state index in [0.29, 0.717) is 0 Å². The van der Waals surface area contributed by atoms with Crippen molar-refractivity contribution < 1.29 is 9.88 Å². The molecule has 0 aliphatic heterocycles. The Hall–Kier alpha value is -1.29. The molecule has 1 heterocycles. The number of nitrogens with zero attached hydrogens (tertiary/aromatic N) is 3. The molecule has 0 spiro atoms. The maximum atomic E-state index is 2.32. The summed E-state index contributed by atoms with van der Waals surface area (Å²) < 4.78 is 4.62. The largest absolute Gasteiger partial charge is 0.376 e. The first-order chi connectivity index (χ1) is 11.3. The number of nitrogens with two attached hydrogens (primary N) is 1. The Morgan fingerprint density at radius 2 is 1.91 bits per heavy atom. The summed E-state index contributed by atoms with van der Waals surface area (Å²) in [5.41, 5.74) is 0. The maximum absolute atomic E-state index is 2.32. The van der Waals surface area contributed by atoms with E-state index in [1.807, 2.05) is 0 Å². The normalized spacial score (nSPS) is 11.4. The average Bonchev–Trinajstić information content (AvgIpc) is 3.00. The highest BCUT2D eigenvalue weighted by atomic mass is 15.1. The van der Waals surface area contributed by atoms with Gasteiger partial charge in [-0.05, 0) is 32.1 Å². The van der Waals surface area contributed by atoms with Crippen LogP contribution in [-0.2, 0) is 13.1 Å². The van der Waals surface area contributed by atoms with Gasteiger partial charge in [-0.15, -0.1) is 0 Å². The Labute approximate surface area is 143 Å². The fourth-order valence-electron chi connectivity index (χ4n) is 2.58. The molecule has 0 unspecified atom stereocenters. The van der Waals surface area contributed by atoms with Crippen molar-refractivity contribution in [3.63, 3.8) is 0 Å². The summed E-state index contributed by atoms with van der Waals surface area (Å²) >= 11 is 0. The van der Waals surface area contributed by atoms with Crippen molar-refractivity contribution in [2.24, 2.45) is 0 Å². The van der Waals surface area contributed by atoms with Gasteiger partial charge in [0.15, 0.2) is 0 Å². The molecule has 0 saturated heterocycles. The second kappa shape index (κ2) is 13.2. The second-order valence-electron chi connectivity index (χ2n) is 6.50. The third kappa shape index (κ3) is 10.2. The molecule has 1 aromatic rings. The quantitative estimate of drug-likeness (QED) is 0.414. The van der Waals surface area contributed by atoms with Crippen molar-refractivity contribution in [2.45, 2.75) is 71.9 Å². The molecule has 4 nitrogen and oxygen atoms in total. The summed E-state index contributed by atoms with van der Waals surface area (Å²) in [5.74, 6) is 0. The van der Waals surface area contributed by atoms with Gasteiger partial charge in [-0.25, -0.2) is 9.13 Å². The van der Waals surface area contributed by atoms with Crippen molar-refractivity contribution in [3.05, 3.63) is 31.1 Å². The van der Waals surface area contributed by atoms with Gasteiger partial charge >= 0.3 is 0 Å². The zero-order valence-electron chi connectivity index (χ0n) is 15.6. The van der Waals surface area contributed by atoms with Crippen molar-refractivity contribution in [3.8, 4) is 0 Å². The summed E-state index contributed by atoms with van der Waals surface area (Å²) in [6, 6.07) is 0. The molecule has 0 aliphatic carbocycles. The van der Waals surface area contributed by atoms with E-state index in [2.05, 4.69) is 71.4 Å². The van der Waals surface area contributed by atoms with Gasteiger partial charge < -0.3 is 10.2 Å². The first-order valence-electron chi connectivity index (χ1n) is 9.51. The van der Waals surface area contributed by atoms with Crippen LogP contribution in [0, 0.1) is 0 Å². The Morgan fingerprint density at radius 1 is 1.09 bits per heavy atom. The van der Waals surface area contributed by atoms with E-state index in [4.69, 9.17) is 0 Å². The van der Waals surface area contributed by atoms with Gasteiger partial charge in [0.25, 0.3) is 0 Å². The zero-order valence-corrected chi connectivity index (χ0v) is 15.6. The lowest BCUT2D eigenvalue weighted by Crippen LogP contribution is -2.78. The summed E-state index contributed by atoms with van der Waals surface area (Å²) in [5, 5.41) is 2.28. The molecule has 0 amide bonds. The number of unbranched alkanes of at least 4 members (excludes halogenated alkanes) is 4. The highest BCUT2D eigenvalue weighted by molar-refractivity contribution is 4.70. The Bertz CT molecular complexity index is 411. The third-order valence-electron chi connectivity index (χ3n) is 4.14. The van der Waals surface area contributed by atoms with E-state index in [1.165, 1.54) is 51.5 Å². The van der Waals surface area contributed by atoms with E-state index in [1.54, 1.807) is 0 Å². The maximum Gasteiger partial charge on any atom is 0.243 e. The van der Waals surface area contributed by atoms with Crippen LogP contribution in [0.3, 0.4) is 0 Å². The minimum Gasteiger partial charge on any atom is -0.376 e. The van der Waals surface area contributed by atoms with Crippen LogP contribution in [-0.4, -0.2) is 29.6 Å². The lowest BCUT2D eigenvalue weighted by Gasteiger charge is -2.12. The molecule has 0 bridgehead atoms. The van der Waals surface area contributed by atoms with E-state index in [9.17, 15) is 0 Å². The topological polar surface area (TPSA) is 28.7 Å². The lowest BCUT2D eigenvalue weighted by molar-refractivity contribution is -0.696. The summed E-state index contributed by atoms with van der Waals surface area (Å²) in [7, 11) is 2.17. The number of hydrogen-bond donors (Lipinski definition) is 1. The van der Waals surface area contributed by atoms with Gasteiger partial charge in [-0.2, -0.15) is 0 Å². The van der Waals surface area contributed by atoms with Crippen LogP contribution in [0.4, 0.5) is 0 Å². The lowest BCUT2D eigenvalue weighted by atomic mass is 10.2. The predicted molar refractivity (Wildman–Crippen MR) is 96.9 cm³/mol. The molecule has 1 aromatic heterocycles. The molecule has 4 heteroatoms. The molecule has 1 rings (SSSR count). The van der Waals surface area contributed by atoms with Crippen LogP contribution in [0.5, 0.6) is 0 Å². The molecular formula is C19H38N4+2. The molecule has 0 aliphatic rings. The smallest absolute Gasteiger partial charge is 0.243 e. The van der Waals surface area contributed by atoms with Crippen LogP contribution >= 0.6 is 0 Å². The fourth-order valence-corrected chi connectivity index (χ4v) is 2.58. The number of rotatable bonds is 14. The van der Waals surface area contributed by atoms with Gasteiger partial charge in [0.05, 0.1) is 25.8 Å². The van der Waals surface area contributed by atoms with Crippen LogP contribution in [0.2, 0.25) is 0 Å². The molecule has 132 valence electrons. The number of quaternary nitrogens is 1. The average molecular weight is 323 g/mol. The van der Waals surface area contributed by atoms with Crippen LogP contribution in [0.1, 0.15) is 58.8 Å². The molecule has 0 radical (unpaired) electrons. The monoisotopic (exact) mass is 322 g/mol. The first kappa shape index (κ1) is 19.8. The number of aryl methyl sites for hydroxylation is 2. The molecule has 0 atom stereocenters. The minimum atomic E-state index is 1.14. The highest BCUT2D eigenvalue weighted by Gasteiger charge is 2.02. The Balaban J connectivity index is 2.03. The van der Waals surface area contributed by atoms with Gasteiger partial charge in [0, 0.05) is 13.6 Å². The van der Waals surface area contributed by atoms with Gasteiger partial charge in [0.2, 0.25) is 6.33 Å². The Kier molecular flexibility index (Phi) is 11.3. The predicted octanol–water partition coefficient (Wildman–Crippen LogP) is 2.51. The minimum absolute atomic E-state index is 1.14. The van der Waals surface area contributed by atoms with Crippen molar-refractivity contribution in [1.82, 2.24) is 9.47 Å². The Morgan fingerprint density at radius 3 is 2.70 bits per heavy atom. The summed E-state index contributed by atoms with van der Waals surface area (Å²) in [6.07, 6.45) is 20.0. The first-order valence-corrected chi connectivity index (χ1v) is 9.51. The summed E-state index contributed by atoms with van der Waals surface area (Å²) in [4.78, 5) is 2.30. The van der Waals surface area contributed by atoms with Crippen LogP contribution < -0.4 is 9.88 Å². The molecule has 0 fully saturated rings. The molecule has 0 aromatic carbocycles. The second-order valence-corrected chi connectivity index (χ2v) is 6.50. The van der Waals surface area contributed by atoms with E-state index < -0.39 is 0 Å². The number of imidazole rings is 1. The van der Waals surface area contributed by atoms with Gasteiger partial charge in [-0.1, -0.05) is 26.7 Å².